The summed E-state index contributed by atoms with van der Waals surface area (Å²) in [5.41, 5.74) is -1.14. The predicted molar refractivity (Wildman–Crippen MR) is 66.4 cm³/mol. The molecule has 1 heterocycles. The van der Waals surface area contributed by atoms with Gasteiger partial charge in [0, 0.05) is 6.54 Å². The molecule has 2 aliphatic rings. The number of nitrogens with one attached hydrogen (secondary N) is 3. The summed E-state index contributed by atoms with van der Waals surface area (Å²) in [7, 11) is 0. The maximum Gasteiger partial charge on any atom is 0.329 e. The quantitative estimate of drug-likeness (QED) is 0.524. The molecule has 19 heavy (non-hydrogen) atoms. The minimum atomic E-state index is -1.14. The van der Waals surface area contributed by atoms with Gasteiger partial charge in [-0.3, -0.25) is 14.9 Å². The van der Waals surface area contributed by atoms with E-state index >= 15 is 0 Å². The molecule has 0 spiro atoms. The van der Waals surface area contributed by atoms with Crippen LogP contribution in [-0.4, -0.2) is 47.6 Å². The van der Waals surface area contributed by atoms with Crippen LogP contribution in [0.4, 0.5) is 0 Å². The van der Waals surface area contributed by atoms with Gasteiger partial charge < -0.3 is 15.7 Å². The van der Waals surface area contributed by atoms with Crippen LogP contribution in [0.5, 0.6) is 0 Å². The molecule has 0 aromatic heterocycles. The van der Waals surface area contributed by atoms with Crippen molar-refractivity contribution in [3.05, 3.63) is 0 Å². The highest BCUT2D eigenvalue weighted by Gasteiger charge is 2.42. The first-order valence-corrected chi connectivity index (χ1v) is 6.59. The summed E-state index contributed by atoms with van der Waals surface area (Å²) in [6.45, 7) is 0.276. The lowest BCUT2D eigenvalue weighted by Crippen LogP contribution is -2.63. The molecule has 0 aromatic carbocycles. The Labute approximate surface area is 111 Å². The second-order valence-electron chi connectivity index (χ2n) is 5.17. The summed E-state index contributed by atoms with van der Waals surface area (Å²) in [5.74, 6) is -1.49. The largest absolute Gasteiger partial charge is 0.480 e. The standard InChI is InChI=1S/C12H19N3O4/c16-9-7-13-8(6-14-9)10(17)15-12(11(18)19)4-2-1-3-5-12/h8,13H,1-7H2,(H,14,16)(H,15,17)(H,18,19). The summed E-state index contributed by atoms with van der Waals surface area (Å²) in [6.07, 6.45) is 3.55. The van der Waals surface area contributed by atoms with Crippen molar-refractivity contribution in [1.29, 1.82) is 0 Å². The maximum atomic E-state index is 12.1. The number of hydrogen-bond donors (Lipinski definition) is 4. The lowest BCUT2D eigenvalue weighted by atomic mass is 9.81. The molecule has 4 N–H and O–H groups in total. The van der Waals surface area contributed by atoms with Crippen molar-refractivity contribution in [2.75, 3.05) is 13.1 Å². The van der Waals surface area contributed by atoms with E-state index in [4.69, 9.17) is 0 Å². The highest BCUT2D eigenvalue weighted by molar-refractivity contribution is 5.91. The van der Waals surface area contributed by atoms with Gasteiger partial charge in [-0.2, -0.15) is 0 Å². The molecule has 0 bridgehead atoms. The Morgan fingerprint density at radius 3 is 2.47 bits per heavy atom. The molecule has 1 aliphatic heterocycles. The van der Waals surface area contributed by atoms with Crippen LogP contribution < -0.4 is 16.0 Å². The van der Waals surface area contributed by atoms with Gasteiger partial charge in [0.1, 0.15) is 11.6 Å². The van der Waals surface area contributed by atoms with Gasteiger partial charge in [-0.05, 0) is 12.8 Å². The van der Waals surface area contributed by atoms with E-state index in [-0.39, 0.29) is 24.9 Å². The van der Waals surface area contributed by atoms with Crippen LogP contribution in [-0.2, 0) is 14.4 Å². The molecule has 2 amide bonds. The number of carbonyl (C=O) groups is 3. The lowest BCUT2D eigenvalue weighted by molar-refractivity contribution is -0.149. The summed E-state index contributed by atoms with van der Waals surface area (Å²) in [5, 5.41) is 17.4. The van der Waals surface area contributed by atoms with Crippen LogP contribution in [0.2, 0.25) is 0 Å². The second kappa shape index (κ2) is 5.56. The molecule has 0 aromatic rings. The molecular weight excluding hydrogens is 250 g/mol. The number of carboxylic acid groups (broad SMARTS) is 1. The zero-order valence-corrected chi connectivity index (χ0v) is 10.7. The fourth-order valence-electron chi connectivity index (χ4n) is 2.62. The van der Waals surface area contributed by atoms with Gasteiger partial charge in [0.15, 0.2) is 0 Å². The van der Waals surface area contributed by atoms with Crippen molar-refractivity contribution in [3.63, 3.8) is 0 Å². The SMILES string of the molecule is O=C1CNC(C(=O)NC2(C(=O)O)CCCCC2)CN1. The number of piperazine rings is 1. The van der Waals surface area contributed by atoms with E-state index in [0.29, 0.717) is 12.8 Å². The van der Waals surface area contributed by atoms with Crippen LogP contribution >= 0.6 is 0 Å². The monoisotopic (exact) mass is 269 g/mol. The molecule has 7 heteroatoms. The first kappa shape index (κ1) is 13.8. The number of aliphatic carboxylic acids is 1. The zero-order valence-electron chi connectivity index (χ0n) is 10.7. The van der Waals surface area contributed by atoms with E-state index in [1.165, 1.54) is 0 Å². The highest BCUT2D eigenvalue weighted by atomic mass is 16.4. The number of carboxylic acids is 1. The average molecular weight is 269 g/mol. The Morgan fingerprint density at radius 1 is 1.26 bits per heavy atom. The third-order valence-corrected chi connectivity index (χ3v) is 3.81. The van der Waals surface area contributed by atoms with Crippen LogP contribution in [0, 0.1) is 0 Å². The van der Waals surface area contributed by atoms with Gasteiger partial charge >= 0.3 is 5.97 Å². The van der Waals surface area contributed by atoms with Crippen molar-refractivity contribution in [2.24, 2.45) is 0 Å². The highest BCUT2D eigenvalue weighted by Crippen LogP contribution is 2.28. The smallest absolute Gasteiger partial charge is 0.329 e. The van der Waals surface area contributed by atoms with E-state index in [0.717, 1.165) is 19.3 Å². The van der Waals surface area contributed by atoms with Crippen LogP contribution in [0.25, 0.3) is 0 Å². The Morgan fingerprint density at radius 2 is 1.95 bits per heavy atom. The minimum absolute atomic E-state index is 0.0815. The van der Waals surface area contributed by atoms with Crippen molar-refractivity contribution >= 4 is 17.8 Å². The first-order valence-electron chi connectivity index (χ1n) is 6.59. The summed E-state index contributed by atoms with van der Waals surface area (Å²) in [6, 6.07) is -0.559. The minimum Gasteiger partial charge on any atom is -0.480 e. The molecule has 2 fully saturated rings. The van der Waals surface area contributed by atoms with E-state index in [9.17, 15) is 19.5 Å². The summed E-state index contributed by atoms with van der Waals surface area (Å²) >= 11 is 0. The van der Waals surface area contributed by atoms with Crippen LogP contribution in [0.3, 0.4) is 0 Å². The zero-order chi connectivity index (χ0) is 13.9. The molecule has 7 nitrogen and oxygen atoms in total. The Bertz CT molecular complexity index is 380. The Hall–Kier alpha value is -1.63. The van der Waals surface area contributed by atoms with Gasteiger partial charge in [0.2, 0.25) is 11.8 Å². The summed E-state index contributed by atoms with van der Waals surface area (Å²) < 4.78 is 0. The number of rotatable bonds is 3. The fraction of sp³-hybridized carbons (Fsp3) is 0.750. The number of amides is 2. The Balaban J connectivity index is 1.99. The molecule has 2 rings (SSSR count). The van der Waals surface area contributed by atoms with Gasteiger partial charge in [-0.1, -0.05) is 19.3 Å². The first-order chi connectivity index (χ1) is 9.03. The third kappa shape index (κ3) is 3.04. The van der Waals surface area contributed by atoms with Crippen molar-refractivity contribution < 1.29 is 19.5 Å². The van der Waals surface area contributed by atoms with E-state index in [1.807, 2.05) is 0 Å². The maximum absolute atomic E-state index is 12.1. The lowest BCUT2D eigenvalue weighted by Gasteiger charge is -2.35. The molecule has 0 radical (unpaired) electrons. The van der Waals surface area contributed by atoms with Crippen LogP contribution in [0.15, 0.2) is 0 Å². The van der Waals surface area contributed by atoms with Gasteiger partial charge in [0.05, 0.1) is 6.54 Å². The molecule has 1 atom stereocenters. The van der Waals surface area contributed by atoms with Crippen LogP contribution in [0.1, 0.15) is 32.1 Å². The second-order valence-corrected chi connectivity index (χ2v) is 5.17. The van der Waals surface area contributed by atoms with Gasteiger partial charge in [-0.15, -0.1) is 0 Å². The van der Waals surface area contributed by atoms with Gasteiger partial charge in [-0.25, -0.2) is 4.79 Å². The summed E-state index contributed by atoms with van der Waals surface area (Å²) in [4.78, 5) is 34.5. The topological polar surface area (TPSA) is 108 Å². The Kier molecular flexibility index (Phi) is 4.04. The molecule has 1 saturated carbocycles. The fourth-order valence-corrected chi connectivity index (χ4v) is 2.62. The van der Waals surface area contributed by atoms with Gasteiger partial charge in [0.25, 0.3) is 0 Å². The predicted octanol–water partition coefficient (Wildman–Crippen LogP) is -1.02. The normalized spacial score (nSPS) is 26.3. The number of hydrogen-bond acceptors (Lipinski definition) is 4. The molecular formula is C12H19N3O4. The molecule has 1 saturated heterocycles. The average Bonchev–Trinajstić information content (AvgIpc) is 2.40. The number of carbonyl (C=O) groups excluding carboxylic acids is 2. The molecule has 1 unspecified atom stereocenters. The van der Waals surface area contributed by atoms with E-state index in [2.05, 4.69) is 16.0 Å². The van der Waals surface area contributed by atoms with Crippen molar-refractivity contribution in [3.8, 4) is 0 Å². The van der Waals surface area contributed by atoms with Crippen molar-refractivity contribution in [1.82, 2.24) is 16.0 Å². The molecule has 106 valence electrons. The molecule has 1 aliphatic carbocycles. The third-order valence-electron chi connectivity index (χ3n) is 3.81. The van der Waals surface area contributed by atoms with E-state index in [1.54, 1.807) is 0 Å². The van der Waals surface area contributed by atoms with E-state index < -0.39 is 17.6 Å². The van der Waals surface area contributed by atoms with Crippen molar-refractivity contribution in [2.45, 2.75) is 43.7 Å².